The van der Waals surface area contributed by atoms with Gasteiger partial charge in [0.05, 0.1) is 0 Å². The average molecular weight is 149 g/mol. The highest BCUT2D eigenvalue weighted by atomic mass is 35.5. The molecule has 0 rings (SSSR count). The molecule has 1 atom stereocenters. The second kappa shape index (κ2) is 3.46. The Morgan fingerprint density at radius 2 is 1.78 bits per heavy atom. The molecule has 0 amide bonds. The Kier molecular flexibility index (Phi) is 3.57. The van der Waals surface area contributed by atoms with E-state index in [0.717, 1.165) is 12.8 Å². The van der Waals surface area contributed by atoms with Gasteiger partial charge in [0.15, 0.2) is 0 Å². The number of alkyl halides is 1. The van der Waals surface area contributed by atoms with Crippen molar-refractivity contribution in [2.75, 3.05) is 0 Å². The Hall–Kier alpha value is 0.290. The summed E-state index contributed by atoms with van der Waals surface area (Å²) in [6.45, 7) is 8.75. The lowest BCUT2D eigenvalue weighted by atomic mass is 9.85. The Morgan fingerprint density at radius 1 is 1.33 bits per heavy atom. The molecule has 0 aromatic rings. The summed E-state index contributed by atoms with van der Waals surface area (Å²) in [4.78, 5) is 0. The van der Waals surface area contributed by atoms with Crippen LogP contribution in [0.1, 0.15) is 40.5 Å². The minimum Gasteiger partial charge on any atom is -0.122 e. The molecule has 1 heteroatoms. The first-order valence-electron chi connectivity index (χ1n) is 3.68. The molecule has 0 aliphatic rings. The fourth-order valence-corrected chi connectivity index (χ4v) is 0.928. The van der Waals surface area contributed by atoms with Crippen molar-refractivity contribution in [2.24, 2.45) is 5.41 Å². The summed E-state index contributed by atoms with van der Waals surface area (Å²) < 4.78 is 0. The first-order chi connectivity index (χ1) is 4.04. The van der Waals surface area contributed by atoms with Crippen LogP contribution in [0.3, 0.4) is 0 Å². The van der Waals surface area contributed by atoms with Crippen molar-refractivity contribution < 1.29 is 0 Å². The van der Waals surface area contributed by atoms with Crippen molar-refractivity contribution in [3.05, 3.63) is 0 Å². The molecule has 0 spiro atoms. The topological polar surface area (TPSA) is 0 Å². The zero-order valence-corrected chi connectivity index (χ0v) is 7.63. The standard InChI is InChI=1S/C8H17Cl/c1-5-7(9)8(3,4)6-2/h7H,5-6H2,1-4H3. The molecule has 0 N–H and O–H groups in total. The average Bonchev–Trinajstić information content (AvgIpc) is 1.86. The molecule has 0 aromatic heterocycles. The molecule has 0 aliphatic carbocycles. The quantitative estimate of drug-likeness (QED) is 0.538. The minimum absolute atomic E-state index is 0.316. The van der Waals surface area contributed by atoms with Gasteiger partial charge in [0.2, 0.25) is 0 Å². The summed E-state index contributed by atoms with van der Waals surface area (Å²) in [6.07, 6.45) is 2.23. The third-order valence-corrected chi connectivity index (χ3v) is 3.02. The fraction of sp³-hybridized carbons (Fsp3) is 1.00. The predicted octanol–water partition coefficient (Wildman–Crippen LogP) is 3.44. The molecule has 0 aromatic carbocycles. The van der Waals surface area contributed by atoms with E-state index in [1.807, 2.05) is 0 Å². The van der Waals surface area contributed by atoms with E-state index < -0.39 is 0 Å². The Morgan fingerprint density at radius 3 is 1.89 bits per heavy atom. The normalized spacial score (nSPS) is 15.7. The summed E-state index contributed by atoms with van der Waals surface area (Å²) in [5, 5.41) is 0.336. The smallest absolute Gasteiger partial charge is 0.0384 e. The van der Waals surface area contributed by atoms with Gasteiger partial charge in [-0.1, -0.05) is 27.7 Å². The first kappa shape index (κ1) is 9.29. The number of hydrogen-bond donors (Lipinski definition) is 0. The van der Waals surface area contributed by atoms with Crippen LogP contribution < -0.4 is 0 Å². The van der Waals surface area contributed by atoms with Gasteiger partial charge in [-0.3, -0.25) is 0 Å². The number of halogens is 1. The van der Waals surface area contributed by atoms with Gasteiger partial charge in [0.1, 0.15) is 0 Å². The molecule has 9 heavy (non-hydrogen) atoms. The number of hydrogen-bond acceptors (Lipinski definition) is 0. The molecule has 1 unspecified atom stereocenters. The van der Waals surface area contributed by atoms with Crippen molar-refractivity contribution in [1.29, 1.82) is 0 Å². The van der Waals surface area contributed by atoms with E-state index in [2.05, 4.69) is 27.7 Å². The van der Waals surface area contributed by atoms with Gasteiger partial charge in [0, 0.05) is 5.38 Å². The van der Waals surface area contributed by atoms with Gasteiger partial charge in [-0.05, 0) is 18.3 Å². The van der Waals surface area contributed by atoms with Crippen molar-refractivity contribution in [3.63, 3.8) is 0 Å². The summed E-state index contributed by atoms with van der Waals surface area (Å²) in [5.41, 5.74) is 0.316. The van der Waals surface area contributed by atoms with Crippen LogP contribution in [0.2, 0.25) is 0 Å². The van der Waals surface area contributed by atoms with Gasteiger partial charge < -0.3 is 0 Å². The summed E-state index contributed by atoms with van der Waals surface area (Å²) >= 11 is 6.06. The van der Waals surface area contributed by atoms with Crippen molar-refractivity contribution in [2.45, 2.75) is 45.9 Å². The maximum Gasteiger partial charge on any atom is 0.0384 e. The highest BCUT2D eigenvalue weighted by molar-refractivity contribution is 6.21. The SMILES string of the molecule is CCC(Cl)C(C)(C)CC. The predicted molar refractivity (Wildman–Crippen MR) is 44.0 cm³/mol. The lowest BCUT2D eigenvalue weighted by Gasteiger charge is -2.27. The fourth-order valence-electron chi connectivity index (χ4n) is 0.774. The monoisotopic (exact) mass is 148 g/mol. The van der Waals surface area contributed by atoms with Crippen molar-refractivity contribution in [3.8, 4) is 0 Å². The molecule has 0 heterocycles. The molecule has 0 saturated carbocycles. The third kappa shape index (κ3) is 2.57. The van der Waals surface area contributed by atoms with Crippen LogP contribution in [0.15, 0.2) is 0 Å². The van der Waals surface area contributed by atoms with Crippen molar-refractivity contribution >= 4 is 11.6 Å². The van der Waals surface area contributed by atoms with Crippen LogP contribution in [0.25, 0.3) is 0 Å². The van der Waals surface area contributed by atoms with Crippen LogP contribution in [-0.4, -0.2) is 5.38 Å². The molecule has 0 radical (unpaired) electrons. The zero-order valence-electron chi connectivity index (χ0n) is 6.87. The molecule has 0 fully saturated rings. The summed E-state index contributed by atoms with van der Waals surface area (Å²) in [6, 6.07) is 0. The van der Waals surface area contributed by atoms with Crippen molar-refractivity contribution in [1.82, 2.24) is 0 Å². The number of rotatable bonds is 3. The molecule has 0 saturated heterocycles. The maximum absolute atomic E-state index is 6.06. The van der Waals surface area contributed by atoms with Crippen LogP contribution in [0.5, 0.6) is 0 Å². The highest BCUT2D eigenvalue weighted by Crippen LogP contribution is 2.30. The first-order valence-corrected chi connectivity index (χ1v) is 4.12. The highest BCUT2D eigenvalue weighted by Gasteiger charge is 2.23. The summed E-state index contributed by atoms with van der Waals surface area (Å²) in [7, 11) is 0. The van der Waals surface area contributed by atoms with E-state index in [1.165, 1.54) is 0 Å². The molecular formula is C8H17Cl. The molecule has 0 bridgehead atoms. The van der Waals surface area contributed by atoms with E-state index in [1.54, 1.807) is 0 Å². The molecule has 0 nitrogen and oxygen atoms in total. The van der Waals surface area contributed by atoms with Gasteiger partial charge in [-0.15, -0.1) is 11.6 Å². The van der Waals surface area contributed by atoms with Crippen LogP contribution >= 0.6 is 11.6 Å². The lowest BCUT2D eigenvalue weighted by Crippen LogP contribution is -2.22. The molecular weight excluding hydrogens is 132 g/mol. The lowest BCUT2D eigenvalue weighted by molar-refractivity contribution is 0.326. The largest absolute Gasteiger partial charge is 0.122 e. The van der Waals surface area contributed by atoms with E-state index in [9.17, 15) is 0 Å². The van der Waals surface area contributed by atoms with Gasteiger partial charge in [-0.2, -0.15) is 0 Å². The molecule has 56 valence electrons. The van der Waals surface area contributed by atoms with Gasteiger partial charge >= 0.3 is 0 Å². The molecule has 0 aliphatic heterocycles. The Balaban J connectivity index is 3.80. The van der Waals surface area contributed by atoms with Crippen LogP contribution in [0, 0.1) is 5.41 Å². The maximum atomic E-state index is 6.06. The van der Waals surface area contributed by atoms with E-state index in [4.69, 9.17) is 11.6 Å². The van der Waals surface area contributed by atoms with Gasteiger partial charge in [0.25, 0.3) is 0 Å². The second-order valence-corrected chi connectivity index (χ2v) is 3.74. The Labute approximate surface area is 63.6 Å². The third-order valence-electron chi connectivity index (χ3n) is 2.12. The van der Waals surface area contributed by atoms with E-state index in [0.29, 0.717) is 10.8 Å². The van der Waals surface area contributed by atoms with Crippen LogP contribution in [0.4, 0.5) is 0 Å². The van der Waals surface area contributed by atoms with Crippen LogP contribution in [-0.2, 0) is 0 Å². The van der Waals surface area contributed by atoms with E-state index in [-0.39, 0.29) is 0 Å². The minimum atomic E-state index is 0.316. The van der Waals surface area contributed by atoms with Gasteiger partial charge in [-0.25, -0.2) is 0 Å². The second-order valence-electron chi connectivity index (χ2n) is 3.22. The Bertz CT molecular complexity index is 76.6. The zero-order chi connectivity index (χ0) is 7.49. The van der Waals surface area contributed by atoms with E-state index >= 15 is 0 Å². The summed E-state index contributed by atoms with van der Waals surface area (Å²) in [5.74, 6) is 0.